The summed E-state index contributed by atoms with van der Waals surface area (Å²) >= 11 is 1.53. The van der Waals surface area contributed by atoms with Crippen molar-refractivity contribution in [2.24, 2.45) is 5.92 Å². The van der Waals surface area contributed by atoms with E-state index in [2.05, 4.69) is 0 Å². The van der Waals surface area contributed by atoms with E-state index in [1.54, 1.807) is 13.8 Å². The van der Waals surface area contributed by atoms with Crippen molar-refractivity contribution < 1.29 is 19.0 Å². The maximum Gasteiger partial charge on any atom is 0.308 e. The molecule has 5 heteroatoms. The minimum absolute atomic E-state index is 0.110. The molecule has 1 aliphatic heterocycles. The van der Waals surface area contributed by atoms with Crippen LogP contribution in [0.5, 0.6) is 11.5 Å². The molecule has 0 spiro atoms. The Balaban J connectivity index is 1.83. The van der Waals surface area contributed by atoms with E-state index in [0.717, 1.165) is 11.5 Å². The summed E-state index contributed by atoms with van der Waals surface area (Å²) in [4.78, 5) is 11.3. The van der Waals surface area contributed by atoms with Crippen LogP contribution in [0.1, 0.15) is 13.8 Å². The van der Waals surface area contributed by atoms with Crippen LogP contribution < -0.4 is 9.47 Å². The van der Waals surface area contributed by atoms with E-state index in [9.17, 15) is 4.79 Å². The van der Waals surface area contributed by atoms with E-state index in [1.165, 1.54) is 11.3 Å². The molecule has 0 aromatic carbocycles. The van der Waals surface area contributed by atoms with Crippen molar-refractivity contribution in [3.05, 3.63) is 10.8 Å². The molecule has 88 valence electrons. The number of carbonyl (C=O) groups excluding carboxylic acids is 1. The summed E-state index contributed by atoms with van der Waals surface area (Å²) in [6, 6.07) is 0. The maximum absolute atomic E-state index is 11.3. The SMILES string of the molecule is CC(C)C(=O)OCC1COc2cscc2O1. The first-order valence-electron chi connectivity index (χ1n) is 5.19. The van der Waals surface area contributed by atoms with Crippen LogP contribution in [-0.2, 0) is 9.53 Å². The number of hydrogen-bond acceptors (Lipinski definition) is 5. The third-order valence-corrected chi connectivity index (χ3v) is 2.89. The van der Waals surface area contributed by atoms with Crippen molar-refractivity contribution in [3.63, 3.8) is 0 Å². The van der Waals surface area contributed by atoms with Crippen LogP contribution in [0.2, 0.25) is 0 Å². The molecule has 1 aliphatic rings. The zero-order valence-electron chi connectivity index (χ0n) is 9.26. The van der Waals surface area contributed by atoms with Crippen molar-refractivity contribution in [1.29, 1.82) is 0 Å². The molecule has 0 bridgehead atoms. The van der Waals surface area contributed by atoms with Gasteiger partial charge in [-0.2, -0.15) is 0 Å². The zero-order valence-corrected chi connectivity index (χ0v) is 10.1. The summed E-state index contributed by atoms with van der Waals surface area (Å²) in [6.45, 7) is 4.27. The van der Waals surface area contributed by atoms with Crippen LogP contribution in [0.3, 0.4) is 0 Å². The second-order valence-electron chi connectivity index (χ2n) is 3.94. The molecule has 1 unspecified atom stereocenters. The Kier molecular flexibility index (Phi) is 3.33. The molecule has 16 heavy (non-hydrogen) atoms. The molecule has 0 radical (unpaired) electrons. The molecule has 0 saturated heterocycles. The van der Waals surface area contributed by atoms with Crippen molar-refractivity contribution in [3.8, 4) is 11.5 Å². The Morgan fingerprint density at radius 3 is 3.06 bits per heavy atom. The van der Waals surface area contributed by atoms with E-state index < -0.39 is 0 Å². The molecule has 0 aliphatic carbocycles. The topological polar surface area (TPSA) is 44.8 Å². The molecule has 0 N–H and O–H groups in total. The predicted octanol–water partition coefficient (Wildman–Crippen LogP) is 2.09. The lowest BCUT2D eigenvalue weighted by molar-refractivity contribution is -0.150. The fourth-order valence-corrected chi connectivity index (χ4v) is 1.96. The van der Waals surface area contributed by atoms with E-state index in [1.807, 2.05) is 10.8 Å². The quantitative estimate of drug-likeness (QED) is 0.761. The minimum atomic E-state index is -0.209. The normalized spacial score (nSPS) is 18.6. The molecule has 2 heterocycles. The molecule has 1 aromatic rings. The fourth-order valence-electron chi connectivity index (χ4n) is 1.28. The second-order valence-corrected chi connectivity index (χ2v) is 4.68. The summed E-state index contributed by atoms with van der Waals surface area (Å²) in [7, 11) is 0. The van der Waals surface area contributed by atoms with Gasteiger partial charge in [-0.25, -0.2) is 0 Å². The van der Waals surface area contributed by atoms with Crippen molar-refractivity contribution in [2.75, 3.05) is 13.2 Å². The third-order valence-electron chi connectivity index (χ3n) is 2.19. The molecule has 0 saturated carbocycles. The highest BCUT2D eigenvalue weighted by atomic mass is 32.1. The average molecular weight is 242 g/mol. The minimum Gasteiger partial charge on any atom is -0.485 e. The van der Waals surface area contributed by atoms with Crippen LogP contribution in [0, 0.1) is 5.92 Å². The van der Waals surface area contributed by atoms with Gasteiger partial charge in [-0.3, -0.25) is 4.79 Å². The monoisotopic (exact) mass is 242 g/mol. The van der Waals surface area contributed by atoms with Gasteiger partial charge in [0, 0.05) is 10.8 Å². The number of esters is 1. The second kappa shape index (κ2) is 4.74. The number of thiophene rings is 1. The van der Waals surface area contributed by atoms with Gasteiger partial charge in [0.15, 0.2) is 17.6 Å². The standard InChI is InChI=1S/C11H14O4S/c1-7(2)11(12)14-4-8-3-13-9-5-16-6-10(9)15-8/h5-8H,3-4H2,1-2H3. The van der Waals surface area contributed by atoms with Gasteiger partial charge >= 0.3 is 5.97 Å². The molecule has 2 rings (SSSR count). The number of rotatable bonds is 3. The summed E-state index contributed by atoms with van der Waals surface area (Å²) in [5, 5.41) is 3.78. The lowest BCUT2D eigenvalue weighted by Gasteiger charge is -2.24. The maximum atomic E-state index is 11.3. The molecule has 0 fully saturated rings. The molecule has 0 amide bonds. The Labute approximate surface area is 98.1 Å². The molecule has 1 atom stereocenters. The zero-order chi connectivity index (χ0) is 11.5. The van der Waals surface area contributed by atoms with Crippen molar-refractivity contribution in [2.45, 2.75) is 20.0 Å². The Hall–Kier alpha value is -1.23. The molecular formula is C11H14O4S. The largest absolute Gasteiger partial charge is 0.485 e. The van der Waals surface area contributed by atoms with Crippen LogP contribution in [0.25, 0.3) is 0 Å². The van der Waals surface area contributed by atoms with Gasteiger partial charge in [0.2, 0.25) is 0 Å². The van der Waals surface area contributed by atoms with Gasteiger partial charge in [-0.1, -0.05) is 13.8 Å². The van der Waals surface area contributed by atoms with Crippen LogP contribution in [-0.4, -0.2) is 25.3 Å². The Bertz CT molecular complexity index is 372. The highest BCUT2D eigenvalue weighted by Crippen LogP contribution is 2.35. The third kappa shape index (κ3) is 2.47. The number of fused-ring (bicyclic) bond motifs is 1. The molecular weight excluding hydrogens is 228 g/mol. The highest BCUT2D eigenvalue weighted by molar-refractivity contribution is 7.08. The molecule has 4 nitrogen and oxygen atoms in total. The van der Waals surface area contributed by atoms with Gasteiger partial charge < -0.3 is 14.2 Å². The van der Waals surface area contributed by atoms with Crippen molar-refractivity contribution in [1.82, 2.24) is 0 Å². The Morgan fingerprint density at radius 2 is 2.31 bits per heavy atom. The summed E-state index contributed by atoms with van der Waals surface area (Å²) in [6.07, 6.45) is -0.204. The first kappa shape index (κ1) is 11.3. The van der Waals surface area contributed by atoms with Crippen LogP contribution >= 0.6 is 11.3 Å². The summed E-state index contributed by atoms with van der Waals surface area (Å²) in [5.74, 6) is 1.19. The predicted molar refractivity (Wildman–Crippen MR) is 60.0 cm³/mol. The number of hydrogen-bond donors (Lipinski definition) is 0. The van der Waals surface area contributed by atoms with E-state index in [0.29, 0.717) is 6.61 Å². The number of carbonyl (C=O) groups is 1. The van der Waals surface area contributed by atoms with Crippen LogP contribution in [0.15, 0.2) is 10.8 Å². The highest BCUT2D eigenvalue weighted by Gasteiger charge is 2.23. The van der Waals surface area contributed by atoms with Gasteiger partial charge in [-0.15, -0.1) is 11.3 Å². The average Bonchev–Trinajstić information content (AvgIpc) is 2.72. The van der Waals surface area contributed by atoms with Gasteiger partial charge in [0.25, 0.3) is 0 Å². The van der Waals surface area contributed by atoms with Gasteiger partial charge in [0.1, 0.15) is 13.2 Å². The van der Waals surface area contributed by atoms with Gasteiger partial charge in [-0.05, 0) is 0 Å². The lowest BCUT2D eigenvalue weighted by atomic mass is 10.2. The van der Waals surface area contributed by atoms with E-state index in [4.69, 9.17) is 14.2 Å². The van der Waals surface area contributed by atoms with Crippen LogP contribution in [0.4, 0.5) is 0 Å². The van der Waals surface area contributed by atoms with E-state index in [-0.39, 0.29) is 24.6 Å². The fraction of sp³-hybridized carbons (Fsp3) is 0.545. The lowest BCUT2D eigenvalue weighted by Crippen LogP contribution is -2.34. The summed E-state index contributed by atoms with van der Waals surface area (Å²) < 4.78 is 16.2. The molecule has 1 aromatic heterocycles. The Morgan fingerprint density at radius 1 is 1.56 bits per heavy atom. The smallest absolute Gasteiger partial charge is 0.308 e. The number of ether oxygens (including phenoxy) is 3. The van der Waals surface area contributed by atoms with Crippen molar-refractivity contribution >= 4 is 17.3 Å². The first-order valence-corrected chi connectivity index (χ1v) is 6.13. The van der Waals surface area contributed by atoms with E-state index >= 15 is 0 Å². The summed E-state index contributed by atoms with van der Waals surface area (Å²) in [5.41, 5.74) is 0. The van der Waals surface area contributed by atoms with Gasteiger partial charge in [0.05, 0.1) is 5.92 Å². The first-order chi connectivity index (χ1) is 7.66.